The van der Waals surface area contributed by atoms with Crippen molar-refractivity contribution < 1.29 is 13.2 Å². The summed E-state index contributed by atoms with van der Waals surface area (Å²) in [5.74, 6) is 0.743. The lowest BCUT2D eigenvalue weighted by molar-refractivity contribution is 0.306. The van der Waals surface area contributed by atoms with E-state index in [9.17, 15) is 8.42 Å². The zero-order chi connectivity index (χ0) is 20.1. The normalized spacial score (nSPS) is 11.2. The average molecular weight is 437 g/mol. The van der Waals surface area contributed by atoms with E-state index in [0.717, 1.165) is 22.6 Å². The molecule has 28 heavy (non-hydrogen) atoms. The van der Waals surface area contributed by atoms with Crippen molar-refractivity contribution in [2.45, 2.75) is 18.0 Å². The third kappa shape index (κ3) is 5.62. The Morgan fingerprint density at radius 3 is 2.11 bits per heavy atom. The van der Waals surface area contributed by atoms with E-state index in [1.165, 1.54) is 12.1 Å². The summed E-state index contributed by atoms with van der Waals surface area (Å²) in [6, 6.07) is 19.4. The molecule has 0 amide bonds. The highest BCUT2D eigenvalue weighted by atomic mass is 35.5. The van der Waals surface area contributed by atoms with Gasteiger partial charge in [0.05, 0.1) is 14.9 Å². The van der Waals surface area contributed by atoms with Gasteiger partial charge in [0.1, 0.15) is 12.4 Å². The SMILES string of the molecule is NS(=O)(=O)c1ccc(NCc2ccc(OCc3ccc(Cl)c(Cl)c3)cc2)cc1. The van der Waals surface area contributed by atoms with Crippen LogP contribution in [0.1, 0.15) is 11.1 Å². The standard InChI is InChI=1S/C20H18Cl2N2O3S/c21-19-10-3-15(11-20(19)22)13-27-17-6-1-14(2-7-17)12-24-16-4-8-18(9-5-16)28(23,25)26/h1-11,24H,12-13H2,(H2,23,25,26). The second-order valence-electron chi connectivity index (χ2n) is 6.10. The Labute approximate surface area is 174 Å². The lowest BCUT2D eigenvalue weighted by Crippen LogP contribution is -2.12. The van der Waals surface area contributed by atoms with Crippen molar-refractivity contribution in [2.24, 2.45) is 5.14 Å². The summed E-state index contributed by atoms with van der Waals surface area (Å²) in [5, 5.41) is 9.33. The molecule has 0 saturated heterocycles. The van der Waals surface area contributed by atoms with Crippen molar-refractivity contribution in [1.29, 1.82) is 0 Å². The summed E-state index contributed by atoms with van der Waals surface area (Å²) < 4.78 is 28.3. The molecule has 3 aromatic rings. The van der Waals surface area contributed by atoms with Gasteiger partial charge in [0.15, 0.2) is 0 Å². The lowest BCUT2D eigenvalue weighted by Gasteiger charge is -2.10. The molecule has 0 aromatic heterocycles. The van der Waals surface area contributed by atoms with Crippen molar-refractivity contribution in [3.05, 3.63) is 87.9 Å². The molecule has 0 aliphatic rings. The van der Waals surface area contributed by atoms with Crippen molar-refractivity contribution in [2.75, 3.05) is 5.32 Å². The number of halogens is 2. The van der Waals surface area contributed by atoms with Crippen molar-refractivity contribution >= 4 is 38.9 Å². The van der Waals surface area contributed by atoms with Gasteiger partial charge in [-0.05, 0) is 59.7 Å². The first-order chi connectivity index (χ1) is 13.3. The summed E-state index contributed by atoms with van der Waals surface area (Å²) in [4.78, 5) is 0.0847. The van der Waals surface area contributed by atoms with Crippen LogP contribution in [-0.4, -0.2) is 8.42 Å². The topological polar surface area (TPSA) is 81.4 Å². The predicted molar refractivity (Wildman–Crippen MR) is 112 cm³/mol. The van der Waals surface area contributed by atoms with E-state index >= 15 is 0 Å². The molecule has 3 aromatic carbocycles. The highest BCUT2D eigenvalue weighted by Crippen LogP contribution is 2.23. The van der Waals surface area contributed by atoms with Crippen LogP contribution in [0.25, 0.3) is 0 Å². The molecule has 0 aliphatic heterocycles. The van der Waals surface area contributed by atoms with Crippen molar-refractivity contribution in [1.82, 2.24) is 0 Å². The maximum absolute atomic E-state index is 11.3. The van der Waals surface area contributed by atoms with Crippen molar-refractivity contribution in [3.8, 4) is 5.75 Å². The quantitative estimate of drug-likeness (QED) is 0.555. The smallest absolute Gasteiger partial charge is 0.238 e. The second kappa shape index (κ2) is 8.84. The van der Waals surface area contributed by atoms with Crippen LogP contribution in [0.15, 0.2) is 71.6 Å². The fourth-order valence-electron chi connectivity index (χ4n) is 2.47. The third-order valence-corrected chi connectivity index (χ3v) is 5.66. The van der Waals surface area contributed by atoms with E-state index in [0.29, 0.717) is 23.2 Å². The number of hydrogen-bond donors (Lipinski definition) is 2. The van der Waals surface area contributed by atoms with Gasteiger partial charge in [0.2, 0.25) is 10.0 Å². The molecule has 0 spiro atoms. The molecule has 3 rings (SSSR count). The van der Waals surface area contributed by atoms with Gasteiger partial charge in [-0.1, -0.05) is 41.4 Å². The molecule has 0 saturated carbocycles. The largest absolute Gasteiger partial charge is 0.489 e. The third-order valence-electron chi connectivity index (χ3n) is 3.99. The average Bonchev–Trinajstić information content (AvgIpc) is 2.68. The molecule has 146 valence electrons. The zero-order valence-electron chi connectivity index (χ0n) is 14.7. The van der Waals surface area contributed by atoms with Crippen LogP contribution in [0.4, 0.5) is 5.69 Å². The molecular weight excluding hydrogens is 419 g/mol. The van der Waals surface area contributed by atoms with Gasteiger partial charge < -0.3 is 10.1 Å². The van der Waals surface area contributed by atoms with E-state index in [2.05, 4.69) is 5.32 Å². The predicted octanol–water partition coefficient (Wildman–Crippen LogP) is 4.83. The molecule has 0 atom stereocenters. The van der Waals surface area contributed by atoms with Crippen molar-refractivity contribution in [3.63, 3.8) is 0 Å². The maximum atomic E-state index is 11.3. The number of ether oxygens (including phenoxy) is 1. The summed E-state index contributed by atoms with van der Waals surface area (Å²) >= 11 is 11.9. The van der Waals surface area contributed by atoms with Crippen LogP contribution < -0.4 is 15.2 Å². The molecule has 0 aliphatic carbocycles. The monoisotopic (exact) mass is 436 g/mol. The van der Waals surface area contributed by atoms with Gasteiger partial charge in [0, 0.05) is 12.2 Å². The molecule has 8 heteroatoms. The van der Waals surface area contributed by atoms with Gasteiger partial charge in [-0.2, -0.15) is 0 Å². The van der Waals surface area contributed by atoms with Crippen LogP contribution in [0, 0.1) is 0 Å². The molecule has 0 heterocycles. The summed E-state index contributed by atoms with van der Waals surface area (Å²) in [6.07, 6.45) is 0. The Balaban J connectivity index is 1.53. The summed E-state index contributed by atoms with van der Waals surface area (Å²) in [5.41, 5.74) is 2.79. The molecule has 5 nitrogen and oxygen atoms in total. The number of nitrogens with one attached hydrogen (secondary N) is 1. The summed E-state index contributed by atoms with van der Waals surface area (Å²) in [7, 11) is -3.68. The molecular formula is C20H18Cl2N2O3S. The van der Waals surface area contributed by atoms with E-state index in [1.54, 1.807) is 24.3 Å². The Morgan fingerprint density at radius 1 is 0.857 bits per heavy atom. The van der Waals surface area contributed by atoms with Crippen LogP contribution in [-0.2, 0) is 23.2 Å². The van der Waals surface area contributed by atoms with Gasteiger partial charge in [0.25, 0.3) is 0 Å². The molecule has 3 N–H and O–H groups in total. The van der Waals surface area contributed by atoms with E-state index in [-0.39, 0.29) is 4.90 Å². The molecule has 0 unspecified atom stereocenters. The van der Waals surface area contributed by atoms with E-state index in [1.807, 2.05) is 30.3 Å². The first-order valence-corrected chi connectivity index (χ1v) is 10.6. The van der Waals surface area contributed by atoms with Crippen LogP contribution in [0.3, 0.4) is 0 Å². The number of nitrogens with two attached hydrogens (primary N) is 1. The fourth-order valence-corrected chi connectivity index (χ4v) is 3.30. The number of benzene rings is 3. The Kier molecular flexibility index (Phi) is 6.46. The Bertz CT molecular complexity index is 1050. The van der Waals surface area contributed by atoms with Crippen LogP contribution >= 0.6 is 23.2 Å². The molecule has 0 bridgehead atoms. The number of sulfonamides is 1. The first kappa shape index (κ1) is 20.5. The molecule has 0 radical (unpaired) electrons. The zero-order valence-corrected chi connectivity index (χ0v) is 17.1. The molecule has 0 fully saturated rings. The number of anilines is 1. The van der Waals surface area contributed by atoms with Gasteiger partial charge in [-0.25, -0.2) is 13.6 Å². The number of primary sulfonamides is 1. The van der Waals surface area contributed by atoms with Crippen LogP contribution in [0.2, 0.25) is 10.0 Å². The minimum atomic E-state index is -3.68. The highest BCUT2D eigenvalue weighted by Gasteiger charge is 2.06. The minimum Gasteiger partial charge on any atom is -0.489 e. The van der Waals surface area contributed by atoms with Gasteiger partial charge in [-0.3, -0.25) is 0 Å². The lowest BCUT2D eigenvalue weighted by atomic mass is 10.2. The summed E-state index contributed by atoms with van der Waals surface area (Å²) in [6.45, 7) is 0.979. The van der Waals surface area contributed by atoms with E-state index in [4.69, 9.17) is 33.1 Å². The minimum absolute atomic E-state index is 0.0847. The number of hydrogen-bond acceptors (Lipinski definition) is 4. The fraction of sp³-hybridized carbons (Fsp3) is 0.100. The number of rotatable bonds is 7. The van der Waals surface area contributed by atoms with Gasteiger partial charge in [-0.15, -0.1) is 0 Å². The van der Waals surface area contributed by atoms with Gasteiger partial charge >= 0.3 is 0 Å². The maximum Gasteiger partial charge on any atom is 0.238 e. The van der Waals surface area contributed by atoms with Crippen LogP contribution in [0.5, 0.6) is 5.75 Å². The highest BCUT2D eigenvalue weighted by molar-refractivity contribution is 7.89. The Morgan fingerprint density at radius 2 is 1.50 bits per heavy atom. The van der Waals surface area contributed by atoms with E-state index < -0.39 is 10.0 Å². The first-order valence-electron chi connectivity index (χ1n) is 8.34. The Hall–Kier alpha value is -2.25. The second-order valence-corrected chi connectivity index (χ2v) is 8.48.